The van der Waals surface area contributed by atoms with E-state index in [4.69, 9.17) is 0 Å². The summed E-state index contributed by atoms with van der Waals surface area (Å²) in [5.41, 5.74) is 2.19. The van der Waals surface area contributed by atoms with Gasteiger partial charge in [0.05, 0.1) is 0 Å². The van der Waals surface area contributed by atoms with Gasteiger partial charge in [0.2, 0.25) is 0 Å². The van der Waals surface area contributed by atoms with E-state index in [1.807, 2.05) is 63.5 Å². The normalized spacial score (nSPS) is 10.4. The zero-order valence-electron chi connectivity index (χ0n) is 13.6. The van der Waals surface area contributed by atoms with Gasteiger partial charge in [0.1, 0.15) is 17.5 Å². The molecule has 0 aliphatic heterocycles. The SMILES string of the molecule is Cc1nc(N(C)c2ccccc2)cc(N(C)c2ccccc2)n1. The van der Waals surface area contributed by atoms with Crippen molar-refractivity contribution in [1.29, 1.82) is 0 Å². The lowest BCUT2D eigenvalue weighted by Crippen LogP contribution is -2.16. The topological polar surface area (TPSA) is 32.3 Å². The molecule has 0 aliphatic carbocycles. The Morgan fingerprint density at radius 1 is 0.652 bits per heavy atom. The molecule has 0 radical (unpaired) electrons. The maximum Gasteiger partial charge on any atom is 0.138 e. The van der Waals surface area contributed by atoms with Gasteiger partial charge in [0, 0.05) is 31.5 Å². The Bertz CT molecular complexity index is 708. The van der Waals surface area contributed by atoms with Gasteiger partial charge in [-0.25, -0.2) is 9.97 Å². The van der Waals surface area contributed by atoms with Crippen LogP contribution in [0.25, 0.3) is 0 Å². The highest BCUT2D eigenvalue weighted by Crippen LogP contribution is 2.27. The van der Waals surface area contributed by atoms with Gasteiger partial charge in [-0.1, -0.05) is 36.4 Å². The van der Waals surface area contributed by atoms with Crippen molar-refractivity contribution in [3.05, 3.63) is 72.6 Å². The Labute approximate surface area is 137 Å². The summed E-state index contributed by atoms with van der Waals surface area (Å²) in [5.74, 6) is 2.51. The summed E-state index contributed by atoms with van der Waals surface area (Å²) in [4.78, 5) is 13.3. The fourth-order valence-electron chi connectivity index (χ4n) is 2.45. The molecule has 0 atom stereocenters. The molecule has 4 heteroatoms. The number of hydrogen-bond donors (Lipinski definition) is 0. The number of benzene rings is 2. The van der Waals surface area contributed by atoms with E-state index in [1.165, 1.54) is 0 Å². The lowest BCUT2D eigenvalue weighted by molar-refractivity contribution is 0.987. The summed E-state index contributed by atoms with van der Waals surface area (Å²) < 4.78 is 0. The Kier molecular flexibility index (Phi) is 4.24. The highest BCUT2D eigenvalue weighted by molar-refractivity contribution is 5.66. The van der Waals surface area contributed by atoms with Gasteiger partial charge in [-0.05, 0) is 31.2 Å². The summed E-state index contributed by atoms with van der Waals surface area (Å²) in [7, 11) is 4.03. The lowest BCUT2D eigenvalue weighted by atomic mass is 10.3. The second-order valence-corrected chi connectivity index (χ2v) is 5.42. The molecular weight excluding hydrogens is 284 g/mol. The molecule has 0 unspecified atom stereocenters. The molecule has 0 aliphatic rings. The van der Waals surface area contributed by atoms with Gasteiger partial charge in [-0.2, -0.15) is 0 Å². The maximum absolute atomic E-state index is 4.57. The molecule has 0 amide bonds. The quantitative estimate of drug-likeness (QED) is 0.718. The number of rotatable bonds is 4. The summed E-state index contributed by atoms with van der Waals surface area (Å²) in [5, 5.41) is 0. The van der Waals surface area contributed by atoms with Crippen molar-refractivity contribution >= 4 is 23.0 Å². The van der Waals surface area contributed by atoms with Crippen LogP contribution in [0.3, 0.4) is 0 Å². The van der Waals surface area contributed by atoms with Gasteiger partial charge in [-0.15, -0.1) is 0 Å². The molecule has 3 rings (SSSR count). The highest BCUT2D eigenvalue weighted by atomic mass is 15.2. The van der Waals surface area contributed by atoms with Crippen LogP contribution in [0.4, 0.5) is 23.0 Å². The number of para-hydroxylation sites is 2. The fourth-order valence-corrected chi connectivity index (χ4v) is 2.45. The largest absolute Gasteiger partial charge is 0.329 e. The minimum Gasteiger partial charge on any atom is -0.329 e. The van der Waals surface area contributed by atoms with Crippen molar-refractivity contribution < 1.29 is 0 Å². The average Bonchev–Trinajstić information content (AvgIpc) is 2.61. The minimum atomic E-state index is 0.753. The van der Waals surface area contributed by atoms with E-state index >= 15 is 0 Å². The van der Waals surface area contributed by atoms with Crippen LogP contribution in [0.2, 0.25) is 0 Å². The molecule has 4 nitrogen and oxygen atoms in total. The molecule has 1 aromatic heterocycles. The van der Waals surface area contributed by atoms with Crippen LogP contribution < -0.4 is 9.80 Å². The van der Waals surface area contributed by atoms with Gasteiger partial charge in [-0.3, -0.25) is 0 Å². The predicted octanol–water partition coefficient (Wildman–Crippen LogP) is 4.32. The summed E-state index contributed by atoms with van der Waals surface area (Å²) >= 11 is 0. The maximum atomic E-state index is 4.57. The first kappa shape index (κ1) is 15.0. The molecule has 2 aromatic carbocycles. The van der Waals surface area contributed by atoms with E-state index in [1.54, 1.807) is 0 Å². The molecule has 0 N–H and O–H groups in total. The van der Waals surface area contributed by atoms with E-state index < -0.39 is 0 Å². The number of aromatic nitrogens is 2. The van der Waals surface area contributed by atoms with Crippen molar-refractivity contribution in [3.8, 4) is 0 Å². The second-order valence-electron chi connectivity index (χ2n) is 5.42. The Morgan fingerprint density at radius 3 is 1.43 bits per heavy atom. The van der Waals surface area contributed by atoms with E-state index in [9.17, 15) is 0 Å². The molecule has 0 fully saturated rings. The second kappa shape index (κ2) is 6.48. The first-order chi connectivity index (χ1) is 11.1. The van der Waals surface area contributed by atoms with E-state index in [2.05, 4.69) is 44.0 Å². The molecule has 116 valence electrons. The Morgan fingerprint density at radius 2 is 1.04 bits per heavy atom. The molecular formula is C19H20N4. The number of hydrogen-bond acceptors (Lipinski definition) is 4. The molecule has 3 aromatic rings. The average molecular weight is 304 g/mol. The number of nitrogens with zero attached hydrogens (tertiary/aromatic N) is 4. The third kappa shape index (κ3) is 3.31. The zero-order chi connectivity index (χ0) is 16.2. The molecule has 23 heavy (non-hydrogen) atoms. The smallest absolute Gasteiger partial charge is 0.138 e. The summed E-state index contributed by atoms with van der Waals surface area (Å²) in [6.45, 7) is 1.92. The van der Waals surface area contributed by atoms with Crippen LogP contribution in [0.1, 0.15) is 5.82 Å². The van der Waals surface area contributed by atoms with Crippen molar-refractivity contribution in [2.24, 2.45) is 0 Å². The molecule has 0 spiro atoms. The van der Waals surface area contributed by atoms with Crippen molar-refractivity contribution in [3.63, 3.8) is 0 Å². The van der Waals surface area contributed by atoms with Crippen LogP contribution >= 0.6 is 0 Å². The van der Waals surface area contributed by atoms with Crippen LogP contribution in [0.5, 0.6) is 0 Å². The van der Waals surface area contributed by atoms with E-state index in [-0.39, 0.29) is 0 Å². The molecule has 0 bridgehead atoms. The van der Waals surface area contributed by atoms with Gasteiger partial charge >= 0.3 is 0 Å². The van der Waals surface area contributed by atoms with Crippen molar-refractivity contribution in [2.45, 2.75) is 6.92 Å². The van der Waals surface area contributed by atoms with Crippen LogP contribution in [0.15, 0.2) is 66.7 Å². The van der Waals surface area contributed by atoms with E-state index in [0.29, 0.717) is 0 Å². The number of anilines is 4. The van der Waals surface area contributed by atoms with Gasteiger partial charge in [0.15, 0.2) is 0 Å². The third-order valence-corrected chi connectivity index (χ3v) is 3.79. The lowest BCUT2D eigenvalue weighted by Gasteiger charge is -2.23. The molecule has 0 saturated carbocycles. The molecule has 0 saturated heterocycles. The monoisotopic (exact) mass is 304 g/mol. The van der Waals surface area contributed by atoms with Crippen molar-refractivity contribution in [1.82, 2.24) is 9.97 Å². The third-order valence-electron chi connectivity index (χ3n) is 3.79. The van der Waals surface area contributed by atoms with Gasteiger partial charge in [0.25, 0.3) is 0 Å². The van der Waals surface area contributed by atoms with E-state index in [0.717, 1.165) is 28.8 Å². The van der Waals surface area contributed by atoms with Crippen molar-refractivity contribution in [2.75, 3.05) is 23.9 Å². The first-order valence-electron chi connectivity index (χ1n) is 7.58. The van der Waals surface area contributed by atoms with Crippen LogP contribution in [0, 0.1) is 6.92 Å². The van der Waals surface area contributed by atoms with Gasteiger partial charge < -0.3 is 9.80 Å². The Balaban J connectivity index is 1.96. The fraction of sp³-hybridized carbons (Fsp3) is 0.158. The van der Waals surface area contributed by atoms with Crippen LogP contribution in [-0.2, 0) is 0 Å². The zero-order valence-corrected chi connectivity index (χ0v) is 13.6. The minimum absolute atomic E-state index is 0.753. The highest BCUT2D eigenvalue weighted by Gasteiger charge is 2.12. The summed E-state index contributed by atoms with van der Waals surface area (Å²) in [6.07, 6.45) is 0. The standard InChI is InChI=1S/C19H20N4/c1-15-20-18(22(2)16-10-6-4-7-11-16)14-19(21-15)23(3)17-12-8-5-9-13-17/h4-14H,1-3H3. The Hall–Kier alpha value is -2.88. The number of aryl methyl sites for hydroxylation is 1. The summed E-state index contributed by atoms with van der Waals surface area (Å²) in [6, 6.07) is 22.4. The predicted molar refractivity (Wildman–Crippen MR) is 95.8 cm³/mol. The van der Waals surface area contributed by atoms with Crippen LogP contribution in [-0.4, -0.2) is 24.1 Å². The first-order valence-corrected chi connectivity index (χ1v) is 7.58. The molecule has 1 heterocycles.